The van der Waals surface area contributed by atoms with E-state index in [-0.39, 0.29) is 12.1 Å². The van der Waals surface area contributed by atoms with E-state index in [0.717, 1.165) is 29.3 Å². The first-order valence-corrected chi connectivity index (χ1v) is 6.51. The molecule has 4 amide bonds. The quantitative estimate of drug-likeness (QED) is 0.648. The fraction of sp³-hybridized carbons (Fsp3) is 0.154. The van der Waals surface area contributed by atoms with E-state index >= 15 is 0 Å². The summed E-state index contributed by atoms with van der Waals surface area (Å²) in [6, 6.07) is 2.36. The molecule has 0 radical (unpaired) electrons. The van der Waals surface area contributed by atoms with E-state index in [1.54, 1.807) is 0 Å². The molecule has 1 fully saturated rings. The third-order valence-electron chi connectivity index (χ3n) is 2.76. The number of alkyl halides is 3. The van der Waals surface area contributed by atoms with Gasteiger partial charge in [-0.15, -0.1) is 0 Å². The van der Waals surface area contributed by atoms with Crippen LogP contribution in [0.2, 0.25) is 5.02 Å². The van der Waals surface area contributed by atoms with Crippen LogP contribution in [0, 0.1) is 0 Å². The average molecular weight is 348 g/mol. The van der Waals surface area contributed by atoms with Gasteiger partial charge in [-0.3, -0.25) is 20.3 Å². The highest BCUT2D eigenvalue weighted by Gasteiger charge is 2.33. The van der Waals surface area contributed by atoms with Crippen molar-refractivity contribution >= 4 is 35.5 Å². The second kappa shape index (κ2) is 6.29. The first-order valence-electron chi connectivity index (χ1n) is 6.13. The normalized spacial score (nSPS) is 15.2. The Labute approximate surface area is 132 Å². The highest BCUT2D eigenvalue weighted by atomic mass is 35.5. The Balaban J connectivity index is 2.07. The number of amides is 4. The van der Waals surface area contributed by atoms with Crippen LogP contribution in [-0.4, -0.2) is 29.4 Å². The number of urea groups is 1. The summed E-state index contributed by atoms with van der Waals surface area (Å²) in [7, 11) is 0. The molecule has 0 aromatic heterocycles. The number of carbonyl (C=O) groups excluding carboxylic acids is 3. The summed E-state index contributed by atoms with van der Waals surface area (Å²) in [5, 5.41) is 2.24. The van der Waals surface area contributed by atoms with Crippen LogP contribution in [0.4, 0.5) is 18.0 Å². The molecule has 0 spiro atoms. The van der Waals surface area contributed by atoms with Crippen molar-refractivity contribution in [1.29, 1.82) is 0 Å². The number of nitrogens with one attached hydrogen (secondary N) is 2. The van der Waals surface area contributed by atoms with Crippen molar-refractivity contribution in [1.82, 2.24) is 15.8 Å². The zero-order valence-electron chi connectivity index (χ0n) is 11.3. The fourth-order valence-electron chi connectivity index (χ4n) is 1.74. The number of benzene rings is 1. The fourth-order valence-corrected chi connectivity index (χ4v) is 1.96. The number of hydrazine groups is 1. The van der Waals surface area contributed by atoms with Crippen molar-refractivity contribution in [2.45, 2.75) is 6.18 Å². The minimum Gasteiger partial charge on any atom is -0.275 e. The summed E-state index contributed by atoms with van der Waals surface area (Å²) < 4.78 is 38.1. The van der Waals surface area contributed by atoms with Crippen LogP contribution in [0.25, 0.3) is 6.08 Å². The Hall–Kier alpha value is -2.55. The maximum absolute atomic E-state index is 12.7. The Morgan fingerprint density at radius 2 is 2.04 bits per heavy atom. The third-order valence-corrected chi connectivity index (χ3v) is 3.09. The van der Waals surface area contributed by atoms with E-state index < -0.39 is 34.6 Å². The van der Waals surface area contributed by atoms with Crippen molar-refractivity contribution in [3.8, 4) is 0 Å². The van der Waals surface area contributed by atoms with E-state index in [9.17, 15) is 27.6 Å². The molecule has 2 rings (SSSR count). The van der Waals surface area contributed by atoms with Gasteiger partial charge in [-0.05, 0) is 23.8 Å². The molecule has 0 atom stereocenters. The molecule has 1 heterocycles. The Kier molecular flexibility index (Phi) is 4.60. The van der Waals surface area contributed by atoms with E-state index in [2.05, 4.69) is 5.43 Å². The Bertz CT molecular complexity index is 703. The standard InChI is InChI=1S/C13H9ClF3N3O3/c14-9-3-1-7(5-8(9)13(15,16)17)2-4-10(21)19-20-6-11(22)18-12(20)23/h1-5H,6H2,(H,19,21)(H,18,22,23)/b4-2+. The number of carbonyl (C=O) groups is 3. The molecule has 1 saturated heterocycles. The van der Waals surface area contributed by atoms with E-state index in [1.165, 1.54) is 6.07 Å². The monoisotopic (exact) mass is 347 g/mol. The smallest absolute Gasteiger partial charge is 0.275 e. The van der Waals surface area contributed by atoms with Crippen molar-refractivity contribution in [3.05, 3.63) is 40.4 Å². The first kappa shape index (κ1) is 16.8. The van der Waals surface area contributed by atoms with Crippen LogP contribution < -0.4 is 10.7 Å². The van der Waals surface area contributed by atoms with Crippen molar-refractivity contribution in [3.63, 3.8) is 0 Å². The summed E-state index contributed by atoms with van der Waals surface area (Å²) in [4.78, 5) is 33.7. The average Bonchev–Trinajstić information content (AvgIpc) is 2.74. The van der Waals surface area contributed by atoms with Gasteiger partial charge >= 0.3 is 12.2 Å². The molecule has 23 heavy (non-hydrogen) atoms. The molecule has 2 N–H and O–H groups in total. The second-order valence-corrected chi connectivity index (χ2v) is 4.89. The number of rotatable bonds is 3. The molecule has 0 aliphatic carbocycles. The highest BCUT2D eigenvalue weighted by molar-refractivity contribution is 6.31. The van der Waals surface area contributed by atoms with Crippen LogP contribution >= 0.6 is 11.6 Å². The summed E-state index contributed by atoms with van der Waals surface area (Å²) in [6.45, 7) is -0.336. The van der Waals surface area contributed by atoms with Gasteiger partial charge in [0.15, 0.2) is 0 Å². The van der Waals surface area contributed by atoms with E-state index in [1.807, 2.05) is 5.32 Å². The third kappa shape index (κ3) is 4.22. The maximum Gasteiger partial charge on any atom is 0.417 e. The lowest BCUT2D eigenvalue weighted by Gasteiger charge is -2.12. The van der Waals surface area contributed by atoms with Crippen molar-refractivity contribution in [2.24, 2.45) is 0 Å². The summed E-state index contributed by atoms with van der Waals surface area (Å²) in [5.74, 6) is -1.36. The van der Waals surface area contributed by atoms with Gasteiger partial charge in [-0.25, -0.2) is 9.80 Å². The van der Waals surface area contributed by atoms with Gasteiger partial charge in [0.2, 0.25) is 5.91 Å². The lowest BCUT2D eigenvalue weighted by Crippen LogP contribution is -2.43. The largest absolute Gasteiger partial charge is 0.417 e. The van der Waals surface area contributed by atoms with Gasteiger partial charge in [-0.2, -0.15) is 13.2 Å². The van der Waals surface area contributed by atoms with Crippen molar-refractivity contribution < 1.29 is 27.6 Å². The van der Waals surface area contributed by atoms with Gasteiger partial charge in [0.25, 0.3) is 5.91 Å². The minimum atomic E-state index is -4.61. The predicted molar refractivity (Wildman–Crippen MR) is 73.9 cm³/mol. The molecule has 0 bridgehead atoms. The number of imide groups is 1. The highest BCUT2D eigenvalue weighted by Crippen LogP contribution is 2.35. The molecule has 1 aromatic carbocycles. The molecule has 1 aromatic rings. The maximum atomic E-state index is 12.7. The van der Waals surface area contributed by atoms with Crippen LogP contribution in [0.3, 0.4) is 0 Å². The minimum absolute atomic E-state index is 0.0961. The SMILES string of the molecule is O=C(/C=C/c1ccc(Cl)c(C(F)(F)F)c1)NN1CC(=O)NC1=O. The summed E-state index contributed by atoms with van der Waals surface area (Å²) in [6.07, 6.45) is -2.56. The number of halogens is 4. The van der Waals surface area contributed by atoms with Crippen molar-refractivity contribution in [2.75, 3.05) is 6.54 Å². The molecule has 1 aliphatic heterocycles. The molecule has 1 aliphatic rings. The second-order valence-electron chi connectivity index (χ2n) is 4.49. The molecule has 10 heteroatoms. The molecule has 6 nitrogen and oxygen atoms in total. The Morgan fingerprint density at radius 1 is 1.35 bits per heavy atom. The first-order chi connectivity index (χ1) is 10.7. The molecular weight excluding hydrogens is 339 g/mol. The van der Waals surface area contributed by atoms with E-state index in [4.69, 9.17) is 11.6 Å². The molecular formula is C13H9ClF3N3O3. The lowest BCUT2D eigenvalue weighted by molar-refractivity contribution is -0.137. The predicted octanol–water partition coefficient (Wildman–Crippen LogP) is 1.95. The number of hydrogen-bond donors (Lipinski definition) is 2. The lowest BCUT2D eigenvalue weighted by atomic mass is 10.1. The van der Waals surface area contributed by atoms with Crippen LogP contribution in [0.5, 0.6) is 0 Å². The summed E-state index contributed by atoms with van der Waals surface area (Å²) >= 11 is 5.48. The Morgan fingerprint density at radius 3 is 2.61 bits per heavy atom. The number of nitrogens with zero attached hydrogens (tertiary/aromatic N) is 1. The number of hydrogen-bond acceptors (Lipinski definition) is 3. The zero-order chi connectivity index (χ0) is 17.2. The van der Waals surface area contributed by atoms with Gasteiger partial charge in [0, 0.05) is 6.08 Å². The van der Waals surface area contributed by atoms with E-state index in [0.29, 0.717) is 0 Å². The zero-order valence-corrected chi connectivity index (χ0v) is 12.0. The van der Waals surface area contributed by atoms with Gasteiger partial charge in [0.05, 0.1) is 10.6 Å². The molecule has 0 saturated carbocycles. The van der Waals surface area contributed by atoms with Gasteiger partial charge in [-0.1, -0.05) is 17.7 Å². The summed E-state index contributed by atoms with van der Waals surface area (Å²) in [5.41, 5.74) is 1.19. The molecule has 122 valence electrons. The van der Waals surface area contributed by atoms with Crippen LogP contribution in [0.15, 0.2) is 24.3 Å². The molecule has 0 unspecified atom stereocenters. The topological polar surface area (TPSA) is 78.5 Å². The van der Waals surface area contributed by atoms with Gasteiger partial charge in [0.1, 0.15) is 6.54 Å². The van der Waals surface area contributed by atoms with Crippen LogP contribution in [0.1, 0.15) is 11.1 Å². The van der Waals surface area contributed by atoms with Crippen LogP contribution in [-0.2, 0) is 15.8 Å². The van der Waals surface area contributed by atoms with Gasteiger partial charge < -0.3 is 0 Å².